The average molecular weight is 316 g/mol. The number of carbonyl (C=O) groups is 1. The van der Waals surface area contributed by atoms with Gasteiger partial charge in [-0.15, -0.1) is 11.8 Å². The van der Waals surface area contributed by atoms with E-state index in [1.807, 2.05) is 11.8 Å². The molecule has 0 fully saturated rings. The number of hydrogen-bond donors (Lipinski definition) is 1. The molecule has 1 rings (SSSR count). The van der Waals surface area contributed by atoms with Gasteiger partial charge in [-0.25, -0.2) is 9.59 Å². The molecule has 0 saturated carbocycles. The number of carbonyl (C=O) groups excluding carboxylic acids is 1. The Bertz CT molecular complexity index is 535. The summed E-state index contributed by atoms with van der Waals surface area (Å²) < 4.78 is 4.94. The van der Waals surface area contributed by atoms with Gasteiger partial charge in [-0.3, -0.25) is 0 Å². The van der Waals surface area contributed by atoms with Crippen LogP contribution in [0.3, 0.4) is 0 Å². The van der Waals surface area contributed by atoms with Crippen molar-refractivity contribution in [3.63, 3.8) is 0 Å². The first-order chi connectivity index (χ1) is 9.24. The number of hydrogen-bond acceptors (Lipinski definition) is 6. The number of ether oxygens (including phenoxy) is 1. The van der Waals surface area contributed by atoms with E-state index in [4.69, 9.17) is 4.74 Å². The van der Waals surface area contributed by atoms with E-state index in [0.717, 1.165) is 11.5 Å². The molecule has 1 N–H and O–H groups in total. The molecule has 0 aliphatic rings. The highest BCUT2D eigenvalue weighted by atomic mass is 32.2. The molecular formula is C13H20N2O3S2. The molecule has 5 nitrogen and oxygen atoms in total. The van der Waals surface area contributed by atoms with Crippen molar-refractivity contribution in [1.82, 2.24) is 9.97 Å². The third-order valence-electron chi connectivity index (χ3n) is 2.33. The van der Waals surface area contributed by atoms with Crippen molar-refractivity contribution in [3.05, 3.63) is 21.7 Å². The zero-order valence-corrected chi connectivity index (χ0v) is 14.0. The van der Waals surface area contributed by atoms with Gasteiger partial charge in [0.2, 0.25) is 0 Å². The van der Waals surface area contributed by atoms with Crippen LogP contribution in [-0.4, -0.2) is 39.3 Å². The minimum Gasteiger partial charge on any atom is -0.465 e. The number of H-pyrrole nitrogens is 1. The van der Waals surface area contributed by atoms with E-state index in [2.05, 4.69) is 30.7 Å². The fraction of sp³-hybridized carbons (Fsp3) is 0.615. The van der Waals surface area contributed by atoms with Gasteiger partial charge in [0.1, 0.15) is 10.6 Å². The van der Waals surface area contributed by atoms with Gasteiger partial charge in [-0.1, -0.05) is 20.8 Å². The highest BCUT2D eigenvalue weighted by Gasteiger charge is 2.18. The van der Waals surface area contributed by atoms with Crippen molar-refractivity contribution in [2.24, 2.45) is 0 Å². The van der Waals surface area contributed by atoms with Gasteiger partial charge in [0.15, 0.2) is 0 Å². The Morgan fingerprint density at radius 1 is 1.35 bits per heavy atom. The zero-order valence-electron chi connectivity index (χ0n) is 12.4. The van der Waals surface area contributed by atoms with Crippen LogP contribution in [0.4, 0.5) is 0 Å². The van der Waals surface area contributed by atoms with Gasteiger partial charge in [0.05, 0.1) is 7.11 Å². The first-order valence-corrected chi connectivity index (χ1v) is 8.17. The fourth-order valence-corrected chi connectivity index (χ4v) is 3.49. The Morgan fingerprint density at radius 2 is 2.00 bits per heavy atom. The minimum atomic E-state index is -0.475. The first-order valence-electron chi connectivity index (χ1n) is 6.20. The second kappa shape index (κ2) is 7.17. The number of methoxy groups -OCH3 is 1. The van der Waals surface area contributed by atoms with Crippen LogP contribution in [0.25, 0.3) is 0 Å². The number of aromatic nitrogens is 2. The molecule has 20 heavy (non-hydrogen) atoms. The molecule has 7 heteroatoms. The maximum Gasteiger partial charge on any atom is 0.346 e. The smallest absolute Gasteiger partial charge is 0.346 e. The molecule has 0 saturated heterocycles. The molecule has 0 aliphatic heterocycles. The number of aryl methyl sites for hydroxylation is 1. The van der Waals surface area contributed by atoms with Gasteiger partial charge < -0.3 is 9.72 Å². The highest BCUT2D eigenvalue weighted by molar-refractivity contribution is 8.03. The summed E-state index contributed by atoms with van der Waals surface area (Å²) in [4.78, 5) is 29.6. The molecule has 0 unspecified atom stereocenters. The van der Waals surface area contributed by atoms with E-state index in [-0.39, 0.29) is 4.75 Å². The molecular weight excluding hydrogens is 296 g/mol. The summed E-state index contributed by atoms with van der Waals surface area (Å²) in [5, 5.41) is 0.438. The van der Waals surface area contributed by atoms with Crippen LogP contribution < -0.4 is 5.69 Å². The molecule has 1 aromatic heterocycles. The van der Waals surface area contributed by atoms with E-state index >= 15 is 0 Å². The summed E-state index contributed by atoms with van der Waals surface area (Å²) in [5.41, 5.74) is 0.391. The van der Waals surface area contributed by atoms with Crippen LogP contribution in [0, 0.1) is 6.92 Å². The van der Waals surface area contributed by atoms with Crippen molar-refractivity contribution < 1.29 is 9.53 Å². The number of nitrogens with one attached hydrogen (secondary N) is 1. The first kappa shape index (κ1) is 17.1. The highest BCUT2D eigenvalue weighted by Crippen LogP contribution is 2.27. The monoisotopic (exact) mass is 316 g/mol. The Hall–Kier alpha value is -0.950. The van der Waals surface area contributed by atoms with Gasteiger partial charge >= 0.3 is 11.7 Å². The van der Waals surface area contributed by atoms with E-state index in [1.54, 1.807) is 6.92 Å². The molecule has 0 bridgehead atoms. The van der Waals surface area contributed by atoms with Crippen LogP contribution in [-0.2, 0) is 4.74 Å². The quantitative estimate of drug-likeness (QED) is 0.389. The third kappa shape index (κ3) is 5.20. The lowest BCUT2D eigenvalue weighted by atomic mass is 10.2. The predicted octanol–water partition coefficient (Wildman–Crippen LogP) is 2.49. The van der Waals surface area contributed by atoms with E-state index in [1.165, 1.54) is 18.9 Å². The number of nitrogens with zero attached hydrogens (tertiary/aromatic N) is 1. The zero-order chi connectivity index (χ0) is 15.3. The molecule has 1 aromatic rings. The number of thioether (sulfide) groups is 2. The lowest BCUT2D eigenvalue weighted by molar-refractivity contribution is 0.0594. The van der Waals surface area contributed by atoms with Crippen LogP contribution >= 0.6 is 23.5 Å². The number of aromatic amines is 1. The van der Waals surface area contributed by atoms with Crippen molar-refractivity contribution in [3.8, 4) is 0 Å². The lowest BCUT2D eigenvalue weighted by Gasteiger charge is -2.17. The van der Waals surface area contributed by atoms with E-state index in [9.17, 15) is 9.59 Å². The largest absolute Gasteiger partial charge is 0.465 e. The maximum atomic E-state index is 11.8. The normalized spacial score (nSPS) is 11.4. The summed E-state index contributed by atoms with van der Waals surface area (Å²) in [5.74, 6) is 1.22. The van der Waals surface area contributed by atoms with E-state index in [0.29, 0.717) is 16.3 Å². The van der Waals surface area contributed by atoms with Gasteiger partial charge in [-0.2, -0.15) is 16.7 Å². The molecule has 1 heterocycles. The summed E-state index contributed by atoms with van der Waals surface area (Å²) in [6.45, 7) is 8.12. The van der Waals surface area contributed by atoms with Crippen LogP contribution in [0.1, 0.15) is 36.8 Å². The van der Waals surface area contributed by atoms with Gasteiger partial charge in [-0.05, 0) is 6.92 Å². The summed E-state index contributed by atoms with van der Waals surface area (Å²) in [7, 11) is 1.32. The maximum absolute atomic E-state index is 11.8. The molecule has 112 valence electrons. The summed E-state index contributed by atoms with van der Waals surface area (Å²) in [6, 6.07) is 0. The number of rotatable bonds is 5. The van der Waals surface area contributed by atoms with Crippen LogP contribution in [0.5, 0.6) is 0 Å². The summed E-state index contributed by atoms with van der Waals surface area (Å²) >= 11 is 3.24. The minimum absolute atomic E-state index is 0.198. The molecule has 0 aromatic carbocycles. The van der Waals surface area contributed by atoms with Gasteiger partial charge in [0.25, 0.3) is 0 Å². The lowest BCUT2D eigenvalue weighted by Crippen LogP contribution is -2.19. The Kier molecular flexibility index (Phi) is 6.13. The van der Waals surface area contributed by atoms with Gasteiger partial charge in [0, 0.05) is 21.9 Å². The van der Waals surface area contributed by atoms with Crippen LogP contribution in [0.15, 0.2) is 9.82 Å². The average Bonchev–Trinajstić information content (AvgIpc) is 2.32. The van der Waals surface area contributed by atoms with Crippen molar-refractivity contribution in [1.29, 1.82) is 0 Å². The number of esters is 1. The SMILES string of the molecule is COC(=O)c1c(SCCSC(C)(C)C)nc(=O)[nH]c1C. The van der Waals surface area contributed by atoms with Crippen LogP contribution in [0.2, 0.25) is 0 Å². The third-order valence-corrected chi connectivity index (χ3v) is 4.84. The predicted molar refractivity (Wildman–Crippen MR) is 83.9 cm³/mol. The Morgan fingerprint density at radius 3 is 2.55 bits per heavy atom. The van der Waals surface area contributed by atoms with Crippen molar-refractivity contribution >= 4 is 29.5 Å². The second-order valence-corrected chi connectivity index (χ2v) is 8.15. The van der Waals surface area contributed by atoms with Crippen molar-refractivity contribution in [2.75, 3.05) is 18.6 Å². The Labute approximate surface area is 127 Å². The standard InChI is InChI=1S/C13H20N2O3S2/c1-8-9(11(16)18-5)10(15-12(17)14-8)19-6-7-20-13(2,3)4/h6-7H2,1-5H3,(H,14,15,17). The molecule has 0 aliphatic carbocycles. The Balaban J connectivity index is 2.83. The summed E-state index contributed by atoms with van der Waals surface area (Å²) in [6.07, 6.45) is 0. The molecule has 0 radical (unpaired) electrons. The second-order valence-electron chi connectivity index (χ2n) is 5.15. The topological polar surface area (TPSA) is 72.0 Å². The fourth-order valence-electron chi connectivity index (χ4n) is 1.49. The van der Waals surface area contributed by atoms with Crippen molar-refractivity contribution in [2.45, 2.75) is 37.5 Å². The van der Waals surface area contributed by atoms with E-state index < -0.39 is 11.7 Å². The molecule has 0 spiro atoms. The molecule has 0 atom stereocenters. The molecule has 0 amide bonds.